The molecule has 1 atom stereocenters. The van der Waals surface area contributed by atoms with Crippen molar-refractivity contribution in [3.8, 4) is 0 Å². The van der Waals surface area contributed by atoms with E-state index in [1.54, 1.807) is 0 Å². The molecule has 6 heteroatoms. The van der Waals surface area contributed by atoms with Crippen LogP contribution in [-0.4, -0.2) is 88.5 Å². The first kappa shape index (κ1) is 19.5. The SMILES string of the molecule is CN=C(NCC1(CN2CCOCC2)CCCCC1)N1CCC2(CCOC2)C1. The van der Waals surface area contributed by atoms with Crippen LogP contribution in [0, 0.1) is 10.8 Å². The van der Waals surface area contributed by atoms with Crippen molar-refractivity contribution in [2.75, 3.05) is 72.7 Å². The molecule has 1 aliphatic carbocycles. The fourth-order valence-electron chi connectivity index (χ4n) is 5.61. The van der Waals surface area contributed by atoms with Crippen molar-refractivity contribution in [2.45, 2.75) is 44.9 Å². The zero-order chi connectivity index (χ0) is 18.6. The Morgan fingerprint density at radius 2 is 1.78 bits per heavy atom. The van der Waals surface area contributed by atoms with Crippen LogP contribution in [0.1, 0.15) is 44.9 Å². The molecule has 1 N–H and O–H groups in total. The minimum absolute atomic E-state index is 0.383. The van der Waals surface area contributed by atoms with E-state index in [9.17, 15) is 0 Å². The summed E-state index contributed by atoms with van der Waals surface area (Å²) < 4.78 is 11.3. The lowest BCUT2D eigenvalue weighted by Gasteiger charge is -2.43. The third kappa shape index (κ3) is 4.60. The third-order valence-electron chi connectivity index (χ3n) is 7.33. The summed E-state index contributed by atoms with van der Waals surface area (Å²) in [7, 11) is 1.94. The van der Waals surface area contributed by atoms with Gasteiger partial charge in [-0.25, -0.2) is 0 Å². The van der Waals surface area contributed by atoms with Gasteiger partial charge >= 0.3 is 0 Å². The molecule has 1 saturated carbocycles. The summed E-state index contributed by atoms with van der Waals surface area (Å²) >= 11 is 0. The third-order valence-corrected chi connectivity index (χ3v) is 7.33. The van der Waals surface area contributed by atoms with E-state index in [1.807, 2.05) is 7.05 Å². The number of likely N-dealkylation sites (tertiary alicyclic amines) is 1. The minimum atomic E-state index is 0.383. The Bertz CT molecular complexity index is 506. The Hall–Kier alpha value is -0.850. The summed E-state index contributed by atoms with van der Waals surface area (Å²) in [4.78, 5) is 9.74. The van der Waals surface area contributed by atoms with Gasteiger partial charge in [0.1, 0.15) is 0 Å². The van der Waals surface area contributed by atoms with E-state index < -0.39 is 0 Å². The summed E-state index contributed by atoms with van der Waals surface area (Å²) in [5.41, 5.74) is 0.771. The molecule has 3 heterocycles. The standard InChI is InChI=1S/C21H38N4O2/c1-22-19(25-9-7-21(17-25)8-12-27-18-21)23-15-20(5-3-2-4-6-20)16-24-10-13-26-14-11-24/h2-18H2,1H3,(H,22,23). The normalized spacial score (nSPS) is 32.3. The largest absolute Gasteiger partial charge is 0.381 e. The fraction of sp³-hybridized carbons (Fsp3) is 0.952. The maximum absolute atomic E-state index is 5.70. The first-order valence-corrected chi connectivity index (χ1v) is 11.1. The summed E-state index contributed by atoms with van der Waals surface area (Å²) in [6.07, 6.45) is 9.27. The van der Waals surface area contributed by atoms with Crippen molar-refractivity contribution in [2.24, 2.45) is 15.8 Å². The van der Waals surface area contributed by atoms with Crippen LogP contribution in [0.15, 0.2) is 4.99 Å². The molecule has 1 spiro atoms. The van der Waals surface area contributed by atoms with E-state index in [4.69, 9.17) is 9.47 Å². The van der Waals surface area contributed by atoms with Crippen LogP contribution >= 0.6 is 0 Å². The number of hydrogen-bond donors (Lipinski definition) is 1. The van der Waals surface area contributed by atoms with Gasteiger partial charge in [-0.3, -0.25) is 9.89 Å². The second kappa shape index (κ2) is 8.66. The predicted molar refractivity (Wildman–Crippen MR) is 108 cm³/mol. The number of morpholine rings is 1. The van der Waals surface area contributed by atoms with Crippen molar-refractivity contribution >= 4 is 5.96 Å². The molecule has 154 valence electrons. The highest BCUT2D eigenvalue weighted by atomic mass is 16.5. The number of hydrogen-bond acceptors (Lipinski definition) is 4. The van der Waals surface area contributed by atoms with Crippen LogP contribution in [0.4, 0.5) is 0 Å². The first-order chi connectivity index (χ1) is 13.2. The molecule has 0 radical (unpaired) electrons. The van der Waals surface area contributed by atoms with Gasteiger partial charge < -0.3 is 19.7 Å². The maximum atomic E-state index is 5.70. The Labute approximate surface area is 164 Å². The van der Waals surface area contributed by atoms with Gasteiger partial charge in [-0.05, 0) is 25.7 Å². The van der Waals surface area contributed by atoms with Crippen molar-refractivity contribution in [3.63, 3.8) is 0 Å². The van der Waals surface area contributed by atoms with E-state index in [1.165, 1.54) is 51.5 Å². The highest BCUT2D eigenvalue weighted by Gasteiger charge is 2.42. The molecule has 4 rings (SSSR count). The molecule has 0 bridgehead atoms. The Morgan fingerprint density at radius 3 is 2.48 bits per heavy atom. The molecule has 27 heavy (non-hydrogen) atoms. The fourth-order valence-corrected chi connectivity index (χ4v) is 5.61. The summed E-state index contributed by atoms with van der Waals surface area (Å²) in [5, 5.41) is 3.80. The minimum Gasteiger partial charge on any atom is -0.381 e. The molecule has 3 aliphatic heterocycles. The molecule has 6 nitrogen and oxygen atoms in total. The van der Waals surface area contributed by atoms with Crippen LogP contribution in [-0.2, 0) is 9.47 Å². The molecule has 4 fully saturated rings. The van der Waals surface area contributed by atoms with Crippen molar-refractivity contribution in [1.29, 1.82) is 0 Å². The zero-order valence-electron chi connectivity index (χ0n) is 17.2. The van der Waals surface area contributed by atoms with Gasteiger partial charge in [-0.2, -0.15) is 0 Å². The lowest BCUT2D eigenvalue weighted by molar-refractivity contribution is 0.00809. The van der Waals surface area contributed by atoms with E-state index >= 15 is 0 Å². The Kier molecular flexibility index (Phi) is 6.25. The van der Waals surface area contributed by atoms with Crippen LogP contribution in [0.25, 0.3) is 0 Å². The van der Waals surface area contributed by atoms with Gasteiger partial charge in [-0.1, -0.05) is 19.3 Å². The number of rotatable bonds is 4. The van der Waals surface area contributed by atoms with Gasteiger partial charge in [-0.15, -0.1) is 0 Å². The first-order valence-electron chi connectivity index (χ1n) is 11.1. The Morgan fingerprint density at radius 1 is 0.963 bits per heavy atom. The van der Waals surface area contributed by atoms with E-state index in [0.29, 0.717) is 10.8 Å². The van der Waals surface area contributed by atoms with Crippen LogP contribution in [0.5, 0.6) is 0 Å². The molecule has 0 amide bonds. The quantitative estimate of drug-likeness (QED) is 0.599. The average molecular weight is 379 g/mol. The number of ether oxygens (including phenoxy) is 2. The van der Waals surface area contributed by atoms with Crippen LogP contribution in [0.2, 0.25) is 0 Å². The lowest BCUT2D eigenvalue weighted by Crippen LogP contribution is -2.51. The maximum Gasteiger partial charge on any atom is 0.193 e. The van der Waals surface area contributed by atoms with Crippen molar-refractivity contribution in [1.82, 2.24) is 15.1 Å². The second-order valence-corrected chi connectivity index (χ2v) is 9.32. The van der Waals surface area contributed by atoms with Crippen LogP contribution in [0.3, 0.4) is 0 Å². The predicted octanol–water partition coefficient (Wildman–Crippen LogP) is 1.96. The topological polar surface area (TPSA) is 49.3 Å². The molecule has 0 aromatic rings. The molecule has 4 aliphatic rings. The van der Waals surface area contributed by atoms with Gasteiger partial charge in [0, 0.05) is 63.8 Å². The lowest BCUT2D eigenvalue weighted by atomic mass is 9.73. The molecular formula is C21H38N4O2. The smallest absolute Gasteiger partial charge is 0.193 e. The van der Waals surface area contributed by atoms with Gasteiger partial charge in [0.2, 0.25) is 0 Å². The molecule has 0 aromatic heterocycles. The second-order valence-electron chi connectivity index (χ2n) is 9.32. The number of nitrogens with one attached hydrogen (secondary N) is 1. The monoisotopic (exact) mass is 378 g/mol. The van der Waals surface area contributed by atoms with Gasteiger partial charge in [0.25, 0.3) is 0 Å². The number of aliphatic imine (C=N–C) groups is 1. The van der Waals surface area contributed by atoms with Gasteiger partial charge in [0.15, 0.2) is 5.96 Å². The molecule has 3 saturated heterocycles. The van der Waals surface area contributed by atoms with E-state index in [0.717, 1.165) is 65.1 Å². The Balaban J connectivity index is 1.36. The molecule has 1 unspecified atom stereocenters. The van der Waals surface area contributed by atoms with E-state index in [2.05, 4.69) is 20.1 Å². The number of guanidine groups is 1. The van der Waals surface area contributed by atoms with Gasteiger partial charge in [0.05, 0.1) is 19.8 Å². The summed E-state index contributed by atoms with van der Waals surface area (Å²) in [5.74, 6) is 1.10. The van der Waals surface area contributed by atoms with Crippen molar-refractivity contribution < 1.29 is 9.47 Å². The average Bonchev–Trinajstić information content (AvgIpc) is 3.34. The molecule has 0 aromatic carbocycles. The van der Waals surface area contributed by atoms with E-state index in [-0.39, 0.29) is 0 Å². The highest BCUT2D eigenvalue weighted by molar-refractivity contribution is 5.80. The number of nitrogens with zero attached hydrogens (tertiary/aromatic N) is 3. The molecular weight excluding hydrogens is 340 g/mol. The summed E-state index contributed by atoms with van der Waals surface area (Å²) in [6.45, 7) is 10.3. The van der Waals surface area contributed by atoms with Crippen LogP contribution < -0.4 is 5.32 Å². The van der Waals surface area contributed by atoms with Crippen molar-refractivity contribution in [3.05, 3.63) is 0 Å². The highest BCUT2D eigenvalue weighted by Crippen LogP contribution is 2.39. The zero-order valence-corrected chi connectivity index (χ0v) is 17.2. The summed E-state index contributed by atoms with van der Waals surface area (Å²) in [6, 6.07) is 0.